The van der Waals surface area contributed by atoms with Crippen molar-refractivity contribution in [1.29, 1.82) is 0 Å². The van der Waals surface area contributed by atoms with Crippen LogP contribution in [0.3, 0.4) is 0 Å². The summed E-state index contributed by atoms with van der Waals surface area (Å²) in [5, 5.41) is 10.1. The van der Waals surface area contributed by atoms with E-state index in [1.165, 1.54) is 10.9 Å². The van der Waals surface area contributed by atoms with Gasteiger partial charge in [0.1, 0.15) is 6.54 Å². The molecule has 7 heteroatoms. The zero-order chi connectivity index (χ0) is 18.8. The van der Waals surface area contributed by atoms with Crippen LogP contribution in [0.4, 0.5) is 5.69 Å². The molecule has 2 N–H and O–H groups in total. The minimum absolute atomic E-state index is 0.107. The van der Waals surface area contributed by atoms with E-state index in [2.05, 4.69) is 20.5 Å². The Morgan fingerprint density at radius 3 is 2.85 bits per heavy atom. The SMILES string of the molecule is Cc1cccc2c(=O)n(CC(=O)Nc3cccc(-c4ccn[nH]4)c3)cnc12. The van der Waals surface area contributed by atoms with Crippen LogP contribution in [-0.2, 0) is 11.3 Å². The average Bonchev–Trinajstić information content (AvgIpc) is 3.20. The number of anilines is 1. The van der Waals surface area contributed by atoms with Crippen molar-refractivity contribution in [3.8, 4) is 11.3 Å². The number of nitrogens with zero attached hydrogens (tertiary/aromatic N) is 3. The van der Waals surface area contributed by atoms with Crippen molar-refractivity contribution in [1.82, 2.24) is 19.7 Å². The molecule has 4 rings (SSSR count). The van der Waals surface area contributed by atoms with Crippen LogP contribution in [0.15, 0.2) is 65.8 Å². The number of hydrogen-bond donors (Lipinski definition) is 2. The first-order valence-electron chi connectivity index (χ1n) is 8.46. The lowest BCUT2D eigenvalue weighted by molar-refractivity contribution is -0.116. The minimum atomic E-state index is -0.298. The summed E-state index contributed by atoms with van der Waals surface area (Å²) in [6.07, 6.45) is 3.08. The molecule has 7 nitrogen and oxygen atoms in total. The Morgan fingerprint density at radius 2 is 2.04 bits per heavy atom. The van der Waals surface area contributed by atoms with Gasteiger partial charge in [-0.25, -0.2) is 4.98 Å². The molecule has 0 aliphatic carbocycles. The number of nitrogens with one attached hydrogen (secondary N) is 2. The molecular formula is C20H17N5O2. The summed E-state index contributed by atoms with van der Waals surface area (Å²) in [4.78, 5) is 29.3. The Hall–Kier alpha value is -3.74. The number of aromatic nitrogens is 4. The lowest BCUT2D eigenvalue weighted by Gasteiger charge is -2.09. The summed E-state index contributed by atoms with van der Waals surface area (Å²) >= 11 is 0. The molecule has 0 saturated carbocycles. The quantitative estimate of drug-likeness (QED) is 0.586. The van der Waals surface area contributed by atoms with Crippen LogP contribution >= 0.6 is 0 Å². The molecule has 27 heavy (non-hydrogen) atoms. The van der Waals surface area contributed by atoms with Crippen molar-refractivity contribution in [2.45, 2.75) is 13.5 Å². The lowest BCUT2D eigenvalue weighted by Crippen LogP contribution is -2.28. The van der Waals surface area contributed by atoms with E-state index in [1.54, 1.807) is 18.3 Å². The van der Waals surface area contributed by atoms with E-state index in [-0.39, 0.29) is 18.0 Å². The van der Waals surface area contributed by atoms with Crippen LogP contribution in [0.2, 0.25) is 0 Å². The number of H-pyrrole nitrogens is 1. The molecular weight excluding hydrogens is 342 g/mol. The summed E-state index contributed by atoms with van der Waals surface area (Å²) in [6, 6.07) is 14.7. The highest BCUT2D eigenvalue weighted by Gasteiger charge is 2.10. The van der Waals surface area contributed by atoms with Gasteiger partial charge in [0.15, 0.2) is 0 Å². The maximum Gasteiger partial charge on any atom is 0.261 e. The molecule has 0 fully saturated rings. The summed E-state index contributed by atoms with van der Waals surface area (Å²) in [5.74, 6) is -0.298. The van der Waals surface area contributed by atoms with Crippen molar-refractivity contribution < 1.29 is 4.79 Å². The van der Waals surface area contributed by atoms with Crippen molar-refractivity contribution >= 4 is 22.5 Å². The molecule has 0 unspecified atom stereocenters. The summed E-state index contributed by atoms with van der Waals surface area (Å²) < 4.78 is 1.32. The second kappa shape index (κ2) is 6.87. The van der Waals surface area contributed by atoms with Crippen molar-refractivity contribution in [3.63, 3.8) is 0 Å². The molecule has 134 valence electrons. The van der Waals surface area contributed by atoms with Crippen LogP contribution in [0, 0.1) is 6.92 Å². The van der Waals surface area contributed by atoms with Gasteiger partial charge in [0.2, 0.25) is 5.91 Å². The van der Waals surface area contributed by atoms with Gasteiger partial charge in [-0.15, -0.1) is 0 Å². The fourth-order valence-corrected chi connectivity index (χ4v) is 2.99. The molecule has 0 radical (unpaired) electrons. The zero-order valence-electron chi connectivity index (χ0n) is 14.6. The summed E-state index contributed by atoms with van der Waals surface area (Å²) in [5.41, 5.74) is 3.76. The Bertz CT molecular complexity index is 1180. The number of benzene rings is 2. The molecule has 4 aromatic rings. The monoisotopic (exact) mass is 359 g/mol. The maximum atomic E-state index is 12.6. The number of carbonyl (C=O) groups is 1. The zero-order valence-corrected chi connectivity index (χ0v) is 14.6. The van der Waals surface area contributed by atoms with Crippen LogP contribution in [0.25, 0.3) is 22.2 Å². The number of aryl methyl sites for hydroxylation is 1. The Morgan fingerprint density at radius 1 is 1.19 bits per heavy atom. The first kappa shape index (κ1) is 16.7. The third kappa shape index (κ3) is 3.35. The van der Waals surface area contributed by atoms with Crippen LogP contribution in [0.1, 0.15) is 5.56 Å². The normalized spacial score (nSPS) is 10.9. The van der Waals surface area contributed by atoms with Gasteiger partial charge in [-0.1, -0.05) is 24.3 Å². The average molecular weight is 359 g/mol. The standard InChI is InChI=1S/C20H17N5O2/c1-13-4-2-7-16-19(13)21-12-25(20(16)27)11-18(26)23-15-6-3-5-14(10-15)17-8-9-22-24-17/h2-10,12H,11H2,1H3,(H,22,24)(H,23,26). The highest BCUT2D eigenvalue weighted by atomic mass is 16.2. The molecule has 2 heterocycles. The first-order valence-corrected chi connectivity index (χ1v) is 8.46. The molecule has 0 bridgehead atoms. The predicted molar refractivity (Wildman–Crippen MR) is 103 cm³/mol. The van der Waals surface area contributed by atoms with Gasteiger partial charge < -0.3 is 5.32 Å². The van der Waals surface area contributed by atoms with Gasteiger partial charge in [0.25, 0.3) is 5.56 Å². The fraction of sp³-hybridized carbons (Fsp3) is 0.100. The van der Waals surface area contributed by atoms with Gasteiger partial charge in [-0.2, -0.15) is 5.10 Å². The minimum Gasteiger partial charge on any atom is -0.325 e. The number of para-hydroxylation sites is 1. The number of amides is 1. The van der Waals surface area contributed by atoms with Crippen molar-refractivity contribution in [3.05, 3.63) is 77.0 Å². The maximum absolute atomic E-state index is 12.6. The van der Waals surface area contributed by atoms with E-state index in [4.69, 9.17) is 0 Å². The van der Waals surface area contributed by atoms with E-state index >= 15 is 0 Å². The van der Waals surface area contributed by atoms with Gasteiger partial charge in [0, 0.05) is 17.4 Å². The van der Waals surface area contributed by atoms with Gasteiger partial charge in [-0.3, -0.25) is 19.3 Å². The third-order valence-electron chi connectivity index (χ3n) is 4.33. The highest BCUT2D eigenvalue weighted by molar-refractivity contribution is 5.91. The molecule has 0 aliphatic heterocycles. The molecule has 0 aliphatic rings. The molecule has 2 aromatic carbocycles. The summed E-state index contributed by atoms with van der Waals surface area (Å²) in [6.45, 7) is 1.79. The number of aromatic amines is 1. The van der Waals surface area contributed by atoms with Gasteiger partial charge in [-0.05, 0) is 36.8 Å². The number of hydrogen-bond acceptors (Lipinski definition) is 4. The topological polar surface area (TPSA) is 92.7 Å². The van der Waals surface area contributed by atoms with Gasteiger partial charge >= 0.3 is 0 Å². The number of fused-ring (bicyclic) bond motifs is 1. The van der Waals surface area contributed by atoms with Gasteiger partial charge in [0.05, 0.1) is 22.9 Å². The van der Waals surface area contributed by atoms with Crippen molar-refractivity contribution in [2.24, 2.45) is 0 Å². The smallest absolute Gasteiger partial charge is 0.261 e. The molecule has 1 amide bonds. The Balaban J connectivity index is 1.55. The second-order valence-electron chi connectivity index (χ2n) is 6.25. The molecule has 2 aromatic heterocycles. The largest absolute Gasteiger partial charge is 0.325 e. The molecule has 0 spiro atoms. The van der Waals surface area contributed by atoms with E-state index in [0.29, 0.717) is 16.6 Å². The van der Waals surface area contributed by atoms with Crippen molar-refractivity contribution in [2.75, 3.05) is 5.32 Å². The predicted octanol–water partition coefficient (Wildman–Crippen LogP) is 2.73. The Kier molecular flexibility index (Phi) is 4.25. The second-order valence-corrected chi connectivity index (χ2v) is 6.25. The van der Waals surface area contributed by atoms with Crippen LogP contribution in [-0.4, -0.2) is 25.7 Å². The summed E-state index contributed by atoms with van der Waals surface area (Å²) in [7, 11) is 0. The van der Waals surface area contributed by atoms with E-state index in [0.717, 1.165) is 16.8 Å². The fourth-order valence-electron chi connectivity index (χ4n) is 2.99. The number of rotatable bonds is 4. The van der Waals surface area contributed by atoms with Crippen LogP contribution in [0.5, 0.6) is 0 Å². The lowest BCUT2D eigenvalue weighted by atomic mass is 10.1. The number of carbonyl (C=O) groups excluding carboxylic acids is 1. The van der Waals surface area contributed by atoms with Crippen LogP contribution < -0.4 is 10.9 Å². The van der Waals surface area contributed by atoms with E-state index < -0.39 is 0 Å². The molecule has 0 atom stereocenters. The first-order chi connectivity index (χ1) is 13.1. The van der Waals surface area contributed by atoms with E-state index in [1.807, 2.05) is 43.3 Å². The molecule has 0 saturated heterocycles. The Labute approximate surface area is 154 Å². The third-order valence-corrected chi connectivity index (χ3v) is 4.33. The highest BCUT2D eigenvalue weighted by Crippen LogP contribution is 2.20. The van der Waals surface area contributed by atoms with E-state index in [9.17, 15) is 9.59 Å².